The highest BCUT2D eigenvalue weighted by atomic mass is 16.5. The van der Waals surface area contributed by atoms with E-state index in [2.05, 4.69) is 15.6 Å². The van der Waals surface area contributed by atoms with Crippen LogP contribution >= 0.6 is 0 Å². The second-order valence-electron chi connectivity index (χ2n) is 6.89. The zero-order chi connectivity index (χ0) is 16.9. The Morgan fingerprint density at radius 1 is 1.58 bits per heavy atom. The van der Waals surface area contributed by atoms with Crippen LogP contribution in [0.5, 0.6) is 0 Å². The molecule has 4 heterocycles. The lowest BCUT2D eigenvalue weighted by molar-refractivity contribution is -0.945. The van der Waals surface area contributed by atoms with Crippen molar-refractivity contribution in [3.05, 3.63) is 11.9 Å². The summed E-state index contributed by atoms with van der Waals surface area (Å²) in [6, 6.07) is 0.496. The van der Waals surface area contributed by atoms with Crippen molar-refractivity contribution in [3.8, 4) is 0 Å². The molecule has 0 aromatic carbocycles. The van der Waals surface area contributed by atoms with E-state index < -0.39 is 0 Å². The van der Waals surface area contributed by atoms with Gasteiger partial charge in [0.25, 0.3) is 0 Å². The fourth-order valence-electron chi connectivity index (χ4n) is 4.11. The average Bonchev–Trinajstić information content (AvgIpc) is 3.03. The van der Waals surface area contributed by atoms with Crippen molar-refractivity contribution in [1.29, 1.82) is 0 Å². The van der Waals surface area contributed by atoms with Gasteiger partial charge >= 0.3 is 0 Å². The van der Waals surface area contributed by atoms with Crippen LogP contribution < -0.4 is 10.2 Å². The van der Waals surface area contributed by atoms with E-state index in [9.17, 15) is 4.79 Å². The van der Waals surface area contributed by atoms with Gasteiger partial charge in [0.1, 0.15) is 6.04 Å². The number of quaternary nitrogens is 1. The number of ether oxygens (including phenoxy) is 1. The minimum Gasteiger partial charge on any atom is -0.396 e. The number of aliphatic hydroxyl groups excluding tert-OH is 1. The van der Waals surface area contributed by atoms with Gasteiger partial charge in [-0.15, -0.1) is 5.10 Å². The third-order valence-electron chi connectivity index (χ3n) is 5.36. The molecule has 0 spiro atoms. The maximum atomic E-state index is 12.4. The second-order valence-corrected chi connectivity index (χ2v) is 6.89. The highest BCUT2D eigenvalue weighted by molar-refractivity contribution is 5.79. The Balaban J connectivity index is 1.54. The van der Waals surface area contributed by atoms with Crippen molar-refractivity contribution < 1.29 is 19.5 Å². The molecule has 1 aromatic rings. The number of rotatable bonds is 8. The maximum absolute atomic E-state index is 12.4. The molecule has 0 saturated carbocycles. The summed E-state index contributed by atoms with van der Waals surface area (Å²) in [5.41, 5.74) is 0.832. The summed E-state index contributed by atoms with van der Waals surface area (Å²) in [5, 5.41) is 20.2. The summed E-state index contributed by atoms with van der Waals surface area (Å²) >= 11 is 0. The number of aliphatic hydroxyl groups is 1. The second kappa shape index (κ2) is 8.04. The first-order chi connectivity index (χ1) is 11.7. The minimum atomic E-state index is 0.0986. The van der Waals surface area contributed by atoms with Crippen molar-refractivity contribution in [2.24, 2.45) is 11.8 Å². The molecule has 24 heavy (non-hydrogen) atoms. The molecular weight excluding hydrogens is 310 g/mol. The van der Waals surface area contributed by atoms with E-state index in [1.54, 1.807) is 7.11 Å². The van der Waals surface area contributed by atoms with Crippen LogP contribution in [0.3, 0.4) is 0 Å². The zero-order valence-corrected chi connectivity index (χ0v) is 14.3. The fourth-order valence-corrected chi connectivity index (χ4v) is 4.11. The predicted octanol–water partition coefficient (Wildman–Crippen LogP) is -2.13. The van der Waals surface area contributed by atoms with Gasteiger partial charge in [0.2, 0.25) is 5.91 Å². The van der Waals surface area contributed by atoms with Crippen LogP contribution in [0.15, 0.2) is 6.20 Å². The van der Waals surface area contributed by atoms with E-state index in [1.165, 1.54) is 4.90 Å². The molecular formula is C16H28N5O3+. The summed E-state index contributed by atoms with van der Waals surface area (Å²) in [5.74, 6) is 0.775. The van der Waals surface area contributed by atoms with Crippen LogP contribution in [0.25, 0.3) is 0 Å². The maximum Gasteiger partial charge on any atom is 0.229 e. The third-order valence-corrected chi connectivity index (χ3v) is 5.36. The SMILES string of the molecule is COCCNC(=O)[C@H]1C[NH+]2CC[C@H]1C[C@@H]2Cn1cc(CCO)nn1. The van der Waals surface area contributed by atoms with E-state index in [0.29, 0.717) is 31.5 Å². The topological polar surface area (TPSA) is 93.7 Å². The van der Waals surface area contributed by atoms with Crippen molar-refractivity contribution in [3.63, 3.8) is 0 Å². The highest BCUT2D eigenvalue weighted by Gasteiger charge is 2.46. The predicted molar refractivity (Wildman–Crippen MR) is 86.4 cm³/mol. The van der Waals surface area contributed by atoms with Crippen molar-refractivity contribution in [2.75, 3.05) is 40.0 Å². The number of hydrogen-bond acceptors (Lipinski definition) is 5. The number of hydrogen-bond donors (Lipinski definition) is 3. The first kappa shape index (κ1) is 17.3. The van der Waals surface area contributed by atoms with Crippen LogP contribution in [-0.2, 0) is 22.5 Å². The molecule has 4 rings (SSSR count). The van der Waals surface area contributed by atoms with E-state index in [1.807, 2.05) is 10.9 Å². The van der Waals surface area contributed by atoms with Crippen LogP contribution in [0.4, 0.5) is 0 Å². The lowest BCUT2D eigenvalue weighted by Gasteiger charge is -2.46. The van der Waals surface area contributed by atoms with Crippen LogP contribution in [-0.4, -0.2) is 72.0 Å². The molecule has 0 aliphatic carbocycles. The lowest BCUT2D eigenvalue weighted by atomic mass is 9.75. The van der Waals surface area contributed by atoms with E-state index in [0.717, 1.165) is 38.2 Å². The Kier molecular flexibility index (Phi) is 5.80. The van der Waals surface area contributed by atoms with Crippen LogP contribution in [0, 0.1) is 11.8 Å². The number of carbonyl (C=O) groups is 1. The summed E-state index contributed by atoms with van der Waals surface area (Å²) in [6.07, 6.45) is 4.66. The van der Waals surface area contributed by atoms with Gasteiger partial charge in [-0.1, -0.05) is 5.21 Å². The third kappa shape index (κ3) is 3.93. The van der Waals surface area contributed by atoms with E-state index in [4.69, 9.17) is 9.84 Å². The number of aromatic nitrogens is 3. The Morgan fingerprint density at radius 3 is 3.17 bits per heavy atom. The molecule has 134 valence electrons. The highest BCUT2D eigenvalue weighted by Crippen LogP contribution is 2.27. The molecule has 0 radical (unpaired) electrons. The number of methoxy groups -OCH3 is 1. The number of piperidine rings is 3. The monoisotopic (exact) mass is 338 g/mol. The molecule has 3 fully saturated rings. The molecule has 1 amide bonds. The fraction of sp³-hybridized carbons (Fsp3) is 0.812. The Bertz CT molecular complexity index is 550. The Hall–Kier alpha value is -1.51. The molecule has 8 nitrogen and oxygen atoms in total. The van der Waals surface area contributed by atoms with Gasteiger partial charge in [-0.25, -0.2) is 4.68 Å². The number of fused-ring (bicyclic) bond motifs is 3. The standard InChI is InChI=1S/C16H27N5O3/c1-24-7-4-17-16(23)15-11-20-5-2-12(15)8-14(20)10-21-9-13(3-6-22)18-19-21/h9,12,14-15,22H,2-8,10-11H2,1H3,(H,17,23)/p+1/t12-,14+,15-/m0/s1. The molecule has 3 N–H and O–H groups in total. The number of carbonyl (C=O) groups excluding carboxylic acids is 1. The average molecular weight is 338 g/mol. The quantitative estimate of drug-likeness (QED) is 0.471. The zero-order valence-electron chi connectivity index (χ0n) is 14.3. The molecule has 1 aromatic heterocycles. The molecule has 2 bridgehead atoms. The first-order valence-corrected chi connectivity index (χ1v) is 8.82. The number of nitrogens with zero attached hydrogens (tertiary/aromatic N) is 3. The molecule has 3 aliphatic heterocycles. The van der Waals surface area contributed by atoms with Gasteiger partial charge in [-0.05, 0) is 5.92 Å². The lowest BCUT2D eigenvalue weighted by Crippen LogP contribution is -3.20. The van der Waals surface area contributed by atoms with Crippen molar-refractivity contribution >= 4 is 5.91 Å². The summed E-state index contributed by atoms with van der Waals surface area (Å²) in [7, 11) is 1.64. The minimum absolute atomic E-state index is 0.0986. The molecule has 4 atom stereocenters. The molecule has 8 heteroatoms. The van der Waals surface area contributed by atoms with Gasteiger partial charge in [0.15, 0.2) is 0 Å². The van der Waals surface area contributed by atoms with Crippen molar-refractivity contribution in [2.45, 2.75) is 31.8 Å². The molecule has 3 saturated heterocycles. The smallest absolute Gasteiger partial charge is 0.229 e. The van der Waals surface area contributed by atoms with Gasteiger partial charge in [0.05, 0.1) is 37.9 Å². The number of nitrogens with one attached hydrogen (secondary N) is 2. The van der Waals surface area contributed by atoms with Crippen molar-refractivity contribution in [1.82, 2.24) is 20.3 Å². The summed E-state index contributed by atoms with van der Waals surface area (Å²) in [6.45, 7) is 4.13. The summed E-state index contributed by atoms with van der Waals surface area (Å²) in [4.78, 5) is 13.9. The Labute approximate surface area is 142 Å². The van der Waals surface area contributed by atoms with Crippen LogP contribution in [0.2, 0.25) is 0 Å². The van der Waals surface area contributed by atoms with E-state index in [-0.39, 0.29) is 18.4 Å². The number of amides is 1. The van der Waals surface area contributed by atoms with Gasteiger partial charge < -0.3 is 20.1 Å². The largest absolute Gasteiger partial charge is 0.396 e. The molecule has 1 unspecified atom stereocenters. The van der Waals surface area contributed by atoms with Gasteiger partial charge in [0, 0.05) is 45.7 Å². The normalized spacial score (nSPS) is 28.9. The summed E-state index contributed by atoms with van der Waals surface area (Å²) < 4.78 is 6.88. The van der Waals surface area contributed by atoms with E-state index >= 15 is 0 Å². The van der Waals surface area contributed by atoms with Crippen LogP contribution in [0.1, 0.15) is 18.5 Å². The molecule has 3 aliphatic rings. The Morgan fingerprint density at radius 2 is 2.46 bits per heavy atom. The van der Waals surface area contributed by atoms with Gasteiger partial charge in [-0.2, -0.15) is 0 Å². The van der Waals surface area contributed by atoms with Gasteiger partial charge in [-0.3, -0.25) is 4.79 Å². The first-order valence-electron chi connectivity index (χ1n) is 8.82.